The Hall–Kier alpha value is -2.66. The molecule has 2 heterocycles. The summed E-state index contributed by atoms with van der Waals surface area (Å²) in [5.74, 6) is 0. The Kier molecular flexibility index (Phi) is 6.01. The molecule has 166 valence electrons. The van der Waals surface area contributed by atoms with Gasteiger partial charge in [-0.15, -0.1) is 0 Å². The lowest BCUT2D eigenvalue weighted by atomic mass is 10.1. The van der Waals surface area contributed by atoms with Crippen molar-refractivity contribution in [3.63, 3.8) is 0 Å². The predicted molar refractivity (Wildman–Crippen MR) is 133 cm³/mol. The van der Waals surface area contributed by atoms with Crippen LogP contribution >= 0.6 is 0 Å². The van der Waals surface area contributed by atoms with Gasteiger partial charge in [0.15, 0.2) is 0 Å². The van der Waals surface area contributed by atoms with E-state index in [4.69, 9.17) is 0 Å². The van der Waals surface area contributed by atoms with Crippen molar-refractivity contribution in [2.45, 2.75) is 33.0 Å². The molecular weight excluding hydrogens is 394 g/mol. The van der Waals surface area contributed by atoms with Crippen molar-refractivity contribution in [2.75, 3.05) is 32.7 Å². The first-order valence-electron chi connectivity index (χ1n) is 11.7. The van der Waals surface area contributed by atoms with Gasteiger partial charge in [-0.2, -0.15) is 0 Å². The lowest BCUT2D eigenvalue weighted by Gasteiger charge is -2.36. The first-order chi connectivity index (χ1) is 15.6. The molecule has 0 bridgehead atoms. The zero-order valence-electron chi connectivity index (χ0n) is 19.2. The van der Waals surface area contributed by atoms with Crippen LogP contribution in [0.2, 0.25) is 0 Å². The molecule has 4 aromatic rings. The highest BCUT2D eigenvalue weighted by molar-refractivity contribution is 6.07. The van der Waals surface area contributed by atoms with Gasteiger partial charge in [-0.1, -0.05) is 60.2 Å². The standard InChI is InChI=1S/C28H33N3O/c1-21-11-12-23(22(2)17-21)18-29-13-15-30(16-14-29)19-24(32)20-31-27-9-5-3-7-25(27)26-8-4-6-10-28(26)31/h3-12,17,24,32H,13-16,18-20H2,1-2H3. The number of aliphatic hydroxyl groups excluding tert-OH is 1. The normalized spacial score (nSPS) is 16.7. The summed E-state index contributed by atoms with van der Waals surface area (Å²) < 4.78 is 2.28. The third-order valence-electron chi connectivity index (χ3n) is 6.90. The van der Waals surface area contributed by atoms with Crippen molar-refractivity contribution in [3.8, 4) is 0 Å². The predicted octanol–water partition coefficient (Wildman–Crippen LogP) is 4.59. The van der Waals surface area contributed by atoms with Gasteiger partial charge >= 0.3 is 0 Å². The molecule has 0 saturated carbocycles. The van der Waals surface area contributed by atoms with E-state index in [1.165, 1.54) is 38.5 Å². The summed E-state index contributed by atoms with van der Waals surface area (Å²) in [5, 5.41) is 13.5. The van der Waals surface area contributed by atoms with Gasteiger partial charge in [0.1, 0.15) is 0 Å². The molecule has 1 aromatic heterocycles. The number of benzene rings is 3. The maximum Gasteiger partial charge on any atom is 0.0845 e. The molecule has 0 radical (unpaired) electrons. The molecule has 0 aliphatic carbocycles. The second-order valence-electron chi connectivity index (χ2n) is 9.31. The Morgan fingerprint density at radius 1 is 0.750 bits per heavy atom. The molecule has 0 spiro atoms. The van der Waals surface area contributed by atoms with Gasteiger partial charge in [0.05, 0.1) is 12.6 Å². The Balaban J connectivity index is 1.21. The van der Waals surface area contributed by atoms with E-state index in [9.17, 15) is 5.11 Å². The second kappa shape index (κ2) is 9.07. The van der Waals surface area contributed by atoms with Crippen LogP contribution in [-0.4, -0.2) is 58.3 Å². The van der Waals surface area contributed by atoms with Gasteiger partial charge in [0, 0.05) is 61.1 Å². The Labute approximate surface area is 190 Å². The van der Waals surface area contributed by atoms with Gasteiger partial charge in [-0.25, -0.2) is 0 Å². The summed E-state index contributed by atoms with van der Waals surface area (Å²) in [4.78, 5) is 4.95. The van der Waals surface area contributed by atoms with Crippen LogP contribution < -0.4 is 0 Å². The van der Waals surface area contributed by atoms with Gasteiger partial charge < -0.3 is 9.67 Å². The van der Waals surface area contributed by atoms with Gasteiger partial charge in [-0.3, -0.25) is 9.80 Å². The van der Waals surface area contributed by atoms with E-state index < -0.39 is 0 Å². The van der Waals surface area contributed by atoms with Crippen LogP contribution in [0.3, 0.4) is 0 Å². The molecule has 1 unspecified atom stereocenters. The fraction of sp³-hybridized carbons (Fsp3) is 0.357. The first kappa shape index (κ1) is 21.2. The maximum absolute atomic E-state index is 11.0. The number of aliphatic hydroxyl groups is 1. The highest BCUT2D eigenvalue weighted by Gasteiger charge is 2.21. The van der Waals surface area contributed by atoms with Crippen LogP contribution in [-0.2, 0) is 13.1 Å². The van der Waals surface area contributed by atoms with Crippen molar-refractivity contribution in [2.24, 2.45) is 0 Å². The number of nitrogens with zero attached hydrogens (tertiary/aromatic N) is 3. The zero-order chi connectivity index (χ0) is 22.1. The highest BCUT2D eigenvalue weighted by atomic mass is 16.3. The monoisotopic (exact) mass is 427 g/mol. The third-order valence-corrected chi connectivity index (χ3v) is 6.90. The molecule has 1 fully saturated rings. The molecule has 1 saturated heterocycles. The summed E-state index contributed by atoms with van der Waals surface area (Å²) in [6.45, 7) is 10.8. The summed E-state index contributed by atoms with van der Waals surface area (Å²) in [7, 11) is 0. The van der Waals surface area contributed by atoms with Gasteiger partial charge in [0.25, 0.3) is 0 Å². The van der Waals surface area contributed by atoms with Crippen molar-refractivity contribution in [3.05, 3.63) is 83.4 Å². The van der Waals surface area contributed by atoms with Gasteiger partial charge in [-0.05, 0) is 37.1 Å². The molecule has 0 amide bonds. The van der Waals surface area contributed by atoms with Crippen molar-refractivity contribution in [1.29, 1.82) is 0 Å². The summed E-state index contributed by atoms with van der Waals surface area (Å²) in [5.41, 5.74) is 6.54. The molecule has 4 heteroatoms. The molecule has 1 atom stereocenters. The van der Waals surface area contributed by atoms with Crippen LogP contribution in [0.5, 0.6) is 0 Å². The second-order valence-corrected chi connectivity index (χ2v) is 9.31. The number of aryl methyl sites for hydroxylation is 2. The smallest absolute Gasteiger partial charge is 0.0845 e. The quantitative estimate of drug-likeness (QED) is 0.488. The van der Waals surface area contributed by atoms with E-state index in [1.807, 2.05) is 0 Å². The van der Waals surface area contributed by atoms with Crippen LogP contribution in [0.15, 0.2) is 66.7 Å². The van der Waals surface area contributed by atoms with Crippen molar-refractivity contribution < 1.29 is 5.11 Å². The number of aromatic nitrogens is 1. The molecule has 3 aromatic carbocycles. The summed E-state index contributed by atoms with van der Waals surface area (Å²) >= 11 is 0. The number of β-amino-alcohol motifs (C(OH)–C–C–N with tert-alkyl or cyclic N) is 1. The van der Waals surface area contributed by atoms with E-state index in [-0.39, 0.29) is 6.10 Å². The molecule has 1 aliphatic heterocycles. The Morgan fingerprint density at radius 2 is 1.34 bits per heavy atom. The van der Waals surface area contributed by atoms with E-state index in [0.29, 0.717) is 6.54 Å². The highest BCUT2D eigenvalue weighted by Crippen LogP contribution is 2.29. The maximum atomic E-state index is 11.0. The summed E-state index contributed by atoms with van der Waals surface area (Å²) in [6.07, 6.45) is -0.389. The number of piperazine rings is 1. The lowest BCUT2D eigenvalue weighted by molar-refractivity contribution is 0.0633. The topological polar surface area (TPSA) is 31.6 Å². The number of para-hydroxylation sites is 2. The van der Waals surface area contributed by atoms with Crippen LogP contribution in [0.25, 0.3) is 21.8 Å². The minimum atomic E-state index is -0.389. The molecule has 32 heavy (non-hydrogen) atoms. The van der Waals surface area contributed by atoms with Crippen molar-refractivity contribution in [1.82, 2.24) is 14.4 Å². The molecule has 5 rings (SSSR count). The SMILES string of the molecule is Cc1ccc(CN2CCN(CC(O)Cn3c4ccccc4c4ccccc43)CC2)c(C)c1. The summed E-state index contributed by atoms with van der Waals surface area (Å²) in [6, 6.07) is 23.8. The minimum Gasteiger partial charge on any atom is -0.390 e. The van der Waals surface area contributed by atoms with Crippen LogP contribution in [0, 0.1) is 13.8 Å². The number of fused-ring (bicyclic) bond motifs is 3. The van der Waals surface area contributed by atoms with E-state index >= 15 is 0 Å². The average molecular weight is 428 g/mol. The Bertz CT molecular complexity index is 1170. The molecular formula is C28H33N3O. The van der Waals surface area contributed by atoms with Crippen LogP contribution in [0.1, 0.15) is 16.7 Å². The molecule has 1 N–H and O–H groups in total. The van der Waals surface area contributed by atoms with Gasteiger partial charge in [0.2, 0.25) is 0 Å². The largest absolute Gasteiger partial charge is 0.390 e. The fourth-order valence-corrected chi connectivity index (χ4v) is 5.16. The third kappa shape index (κ3) is 4.31. The van der Waals surface area contributed by atoms with E-state index in [1.54, 1.807) is 0 Å². The average Bonchev–Trinajstić information content (AvgIpc) is 3.11. The minimum absolute atomic E-state index is 0.389. The molecule has 4 nitrogen and oxygen atoms in total. The van der Waals surface area contributed by atoms with Crippen LogP contribution in [0.4, 0.5) is 0 Å². The van der Waals surface area contributed by atoms with E-state index in [0.717, 1.165) is 39.3 Å². The number of rotatable bonds is 6. The first-order valence-corrected chi connectivity index (χ1v) is 11.7. The molecule has 1 aliphatic rings. The van der Waals surface area contributed by atoms with Crippen molar-refractivity contribution >= 4 is 21.8 Å². The van der Waals surface area contributed by atoms with E-state index in [2.05, 4.69) is 94.9 Å². The Morgan fingerprint density at radius 3 is 1.97 bits per heavy atom. The number of hydrogen-bond donors (Lipinski definition) is 1. The lowest BCUT2D eigenvalue weighted by Crippen LogP contribution is -2.48. The number of hydrogen-bond acceptors (Lipinski definition) is 3. The fourth-order valence-electron chi connectivity index (χ4n) is 5.16. The zero-order valence-corrected chi connectivity index (χ0v) is 19.2.